The van der Waals surface area contributed by atoms with Crippen molar-refractivity contribution in [2.45, 2.75) is 18.6 Å². The minimum Gasteiger partial charge on any atom is -0.467 e. The molecule has 2 aromatic rings. The Morgan fingerprint density at radius 1 is 1.07 bits per heavy atom. The molecule has 0 bridgehead atoms. The third-order valence-corrected chi connectivity index (χ3v) is 3.75. The highest BCUT2D eigenvalue weighted by molar-refractivity contribution is 5.98. The fourth-order valence-electron chi connectivity index (χ4n) is 2.42. The molecule has 1 N–H and O–H groups in total. The second kappa shape index (κ2) is 9.02. The third kappa shape index (κ3) is 5.70. The molecule has 0 aromatic heterocycles. The van der Waals surface area contributed by atoms with Crippen LogP contribution in [0.25, 0.3) is 6.08 Å². The molecule has 0 spiro atoms. The summed E-state index contributed by atoms with van der Waals surface area (Å²) >= 11 is 0. The van der Waals surface area contributed by atoms with Crippen molar-refractivity contribution in [3.05, 3.63) is 77.4 Å². The Kier molecular flexibility index (Phi) is 6.76. The molecule has 0 aliphatic heterocycles. The molecule has 0 radical (unpaired) electrons. The summed E-state index contributed by atoms with van der Waals surface area (Å²) in [4.78, 5) is 24.2. The number of methoxy groups -OCH3 is 1. The lowest BCUT2D eigenvalue weighted by molar-refractivity contribution is -0.142. The predicted octanol–water partition coefficient (Wildman–Crippen LogP) is 4.08. The van der Waals surface area contributed by atoms with E-state index in [9.17, 15) is 22.8 Å². The molecule has 0 saturated carbocycles. The number of ether oxygens (including phenoxy) is 1. The second-order valence-electron chi connectivity index (χ2n) is 5.64. The second-order valence-corrected chi connectivity index (χ2v) is 5.64. The molecule has 1 atom stereocenters. The summed E-state index contributed by atoms with van der Waals surface area (Å²) in [5.74, 6) is -1.74. The molecule has 0 fully saturated rings. The number of carbonyl (C=O) groups is 2. The van der Waals surface area contributed by atoms with Gasteiger partial charge in [0, 0.05) is 0 Å². The minimum absolute atomic E-state index is 0.0709. The Labute approximate surface area is 154 Å². The van der Waals surface area contributed by atoms with Crippen LogP contribution in [0.3, 0.4) is 0 Å². The normalized spacial score (nSPS) is 12.6. The third-order valence-electron chi connectivity index (χ3n) is 3.75. The molecule has 1 amide bonds. The first-order valence-electron chi connectivity index (χ1n) is 8.09. The maximum absolute atomic E-state index is 13.1. The maximum Gasteiger partial charge on any atom is 0.417 e. The highest BCUT2D eigenvalue weighted by atomic mass is 19.4. The zero-order valence-corrected chi connectivity index (χ0v) is 14.5. The number of nitrogens with one attached hydrogen (secondary N) is 1. The average molecular weight is 377 g/mol. The van der Waals surface area contributed by atoms with Gasteiger partial charge in [0.25, 0.3) is 5.91 Å². The van der Waals surface area contributed by atoms with Gasteiger partial charge in [-0.2, -0.15) is 13.2 Å². The molecule has 142 valence electrons. The SMILES string of the molecule is COC(=O)[C@H](C/C=C/c1ccccc1)NC(=O)c1ccccc1C(F)(F)F. The smallest absolute Gasteiger partial charge is 0.417 e. The number of rotatable bonds is 6. The van der Waals surface area contributed by atoms with Gasteiger partial charge < -0.3 is 10.1 Å². The van der Waals surface area contributed by atoms with Crippen molar-refractivity contribution in [2.24, 2.45) is 0 Å². The lowest BCUT2D eigenvalue weighted by Gasteiger charge is -2.17. The molecule has 27 heavy (non-hydrogen) atoms. The van der Waals surface area contributed by atoms with Gasteiger partial charge in [-0.3, -0.25) is 4.79 Å². The van der Waals surface area contributed by atoms with Gasteiger partial charge in [-0.05, 0) is 24.1 Å². The first-order valence-corrected chi connectivity index (χ1v) is 8.09. The van der Waals surface area contributed by atoms with Crippen LogP contribution in [0, 0.1) is 0 Å². The number of hydrogen-bond acceptors (Lipinski definition) is 3. The Hall–Kier alpha value is -3.09. The summed E-state index contributed by atoms with van der Waals surface area (Å²) in [5, 5.41) is 2.32. The summed E-state index contributed by atoms with van der Waals surface area (Å²) in [6.07, 6.45) is -1.22. The van der Waals surface area contributed by atoms with E-state index in [1.165, 1.54) is 12.1 Å². The van der Waals surface area contributed by atoms with Gasteiger partial charge in [-0.1, -0.05) is 54.6 Å². The van der Waals surface area contributed by atoms with Crippen molar-refractivity contribution in [3.8, 4) is 0 Å². The van der Waals surface area contributed by atoms with Crippen molar-refractivity contribution in [3.63, 3.8) is 0 Å². The van der Waals surface area contributed by atoms with Crippen molar-refractivity contribution in [2.75, 3.05) is 7.11 Å². The van der Waals surface area contributed by atoms with Crippen LogP contribution in [0.2, 0.25) is 0 Å². The number of amides is 1. The van der Waals surface area contributed by atoms with E-state index in [2.05, 4.69) is 10.1 Å². The van der Waals surface area contributed by atoms with Gasteiger partial charge in [0.2, 0.25) is 0 Å². The van der Waals surface area contributed by atoms with E-state index >= 15 is 0 Å². The lowest BCUT2D eigenvalue weighted by Crippen LogP contribution is -2.41. The van der Waals surface area contributed by atoms with E-state index < -0.39 is 35.2 Å². The molecular weight excluding hydrogens is 359 g/mol. The highest BCUT2D eigenvalue weighted by Crippen LogP contribution is 2.31. The van der Waals surface area contributed by atoms with E-state index in [-0.39, 0.29) is 6.42 Å². The average Bonchev–Trinajstić information content (AvgIpc) is 2.66. The van der Waals surface area contributed by atoms with Crippen LogP contribution in [0.4, 0.5) is 13.2 Å². The molecule has 4 nitrogen and oxygen atoms in total. The number of carbonyl (C=O) groups excluding carboxylic acids is 2. The first-order chi connectivity index (χ1) is 12.8. The van der Waals surface area contributed by atoms with Crippen LogP contribution in [0.15, 0.2) is 60.7 Å². The topological polar surface area (TPSA) is 55.4 Å². The van der Waals surface area contributed by atoms with Gasteiger partial charge in [-0.15, -0.1) is 0 Å². The summed E-state index contributed by atoms with van der Waals surface area (Å²) in [6, 6.07) is 12.5. The molecule has 7 heteroatoms. The van der Waals surface area contributed by atoms with Crippen molar-refractivity contribution < 1.29 is 27.5 Å². The molecular formula is C20H18F3NO3. The van der Waals surface area contributed by atoms with Gasteiger partial charge in [0.05, 0.1) is 18.2 Å². The molecule has 0 heterocycles. The largest absolute Gasteiger partial charge is 0.467 e. The van der Waals surface area contributed by atoms with Crippen LogP contribution in [-0.4, -0.2) is 25.0 Å². The molecule has 0 saturated heterocycles. The van der Waals surface area contributed by atoms with Gasteiger partial charge in [0.15, 0.2) is 0 Å². The van der Waals surface area contributed by atoms with Crippen LogP contribution in [-0.2, 0) is 15.7 Å². The lowest BCUT2D eigenvalue weighted by atomic mass is 10.1. The summed E-state index contributed by atoms with van der Waals surface area (Å²) in [5.41, 5.74) is -0.730. The Morgan fingerprint density at radius 2 is 1.70 bits per heavy atom. The van der Waals surface area contributed by atoms with Crippen LogP contribution >= 0.6 is 0 Å². The fourth-order valence-corrected chi connectivity index (χ4v) is 2.42. The molecule has 0 unspecified atom stereocenters. The summed E-state index contributed by atoms with van der Waals surface area (Å²) in [7, 11) is 1.14. The van der Waals surface area contributed by atoms with Crippen LogP contribution in [0.1, 0.15) is 27.9 Å². The standard InChI is InChI=1S/C20H18F3NO3/c1-27-19(26)17(13-7-10-14-8-3-2-4-9-14)24-18(25)15-11-5-6-12-16(15)20(21,22)23/h2-12,17H,13H2,1H3,(H,24,25)/b10-7+/t17-/m0/s1. The Balaban J connectivity index is 2.16. The number of halogens is 3. The fraction of sp³-hybridized carbons (Fsp3) is 0.200. The Morgan fingerprint density at radius 3 is 2.33 bits per heavy atom. The van der Waals surface area contributed by atoms with Crippen molar-refractivity contribution in [1.29, 1.82) is 0 Å². The predicted molar refractivity (Wildman–Crippen MR) is 94.8 cm³/mol. The van der Waals surface area contributed by atoms with E-state index in [0.717, 1.165) is 24.8 Å². The number of alkyl halides is 3. The minimum atomic E-state index is -4.68. The molecule has 2 aromatic carbocycles. The quantitative estimate of drug-likeness (QED) is 0.772. The van der Waals surface area contributed by atoms with Crippen LogP contribution < -0.4 is 5.32 Å². The van der Waals surface area contributed by atoms with E-state index in [1.807, 2.05) is 30.3 Å². The monoisotopic (exact) mass is 377 g/mol. The van der Waals surface area contributed by atoms with Gasteiger partial charge in [-0.25, -0.2) is 4.79 Å². The van der Waals surface area contributed by atoms with E-state index in [1.54, 1.807) is 12.2 Å². The van der Waals surface area contributed by atoms with E-state index in [4.69, 9.17) is 0 Å². The Bertz CT molecular complexity index is 817. The van der Waals surface area contributed by atoms with Crippen molar-refractivity contribution >= 4 is 18.0 Å². The molecule has 0 aliphatic rings. The number of esters is 1. The van der Waals surface area contributed by atoms with Gasteiger partial charge >= 0.3 is 12.1 Å². The number of hydrogen-bond donors (Lipinski definition) is 1. The zero-order valence-electron chi connectivity index (χ0n) is 14.5. The van der Waals surface area contributed by atoms with E-state index in [0.29, 0.717) is 0 Å². The summed E-state index contributed by atoms with van der Waals surface area (Å²) in [6.45, 7) is 0. The molecule has 0 aliphatic carbocycles. The maximum atomic E-state index is 13.1. The zero-order chi connectivity index (χ0) is 19.9. The van der Waals surface area contributed by atoms with Crippen LogP contribution in [0.5, 0.6) is 0 Å². The van der Waals surface area contributed by atoms with Crippen molar-refractivity contribution in [1.82, 2.24) is 5.32 Å². The number of benzene rings is 2. The van der Waals surface area contributed by atoms with Gasteiger partial charge in [0.1, 0.15) is 6.04 Å². The first kappa shape index (κ1) is 20.2. The molecule has 2 rings (SSSR count). The highest BCUT2D eigenvalue weighted by Gasteiger charge is 2.35. The summed E-state index contributed by atoms with van der Waals surface area (Å²) < 4.78 is 43.9.